The lowest BCUT2D eigenvalue weighted by atomic mass is 10.0. The number of terminal acetylenes is 2. The molecule has 0 fully saturated rings. The molecule has 1 amide bonds. The molecule has 3 aromatic rings. The smallest absolute Gasteiger partial charge is 0.253 e. The average Bonchev–Trinajstić information content (AvgIpc) is 2.89. The molecule has 0 aliphatic rings. The van der Waals surface area contributed by atoms with Crippen LogP contribution in [0.4, 0.5) is 0 Å². The molecule has 3 aromatic carbocycles. The van der Waals surface area contributed by atoms with E-state index in [9.17, 15) is 4.79 Å². The third kappa shape index (κ3) is 6.65. The van der Waals surface area contributed by atoms with E-state index in [1.54, 1.807) is 13.2 Å². The van der Waals surface area contributed by atoms with E-state index < -0.39 is 6.10 Å². The first-order chi connectivity index (χ1) is 16.7. The fraction of sp³-hybridized carbons (Fsp3) is 0.207. The predicted molar refractivity (Wildman–Crippen MR) is 133 cm³/mol. The van der Waals surface area contributed by atoms with Gasteiger partial charge in [-0.3, -0.25) is 4.79 Å². The maximum absolute atomic E-state index is 12.9. The highest BCUT2D eigenvalue weighted by molar-refractivity contribution is 5.82. The van der Waals surface area contributed by atoms with Gasteiger partial charge in [0.05, 0.1) is 7.11 Å². The SMILES string of the molecule is C#CCOc1ccc(CCNC(=O)[C@@H](OCC#C)c2ccc(-c3ccccc3)cc2)cc1OC. The van der Waals surface area contributed by atoms with Gasteiger partial charge in [-0.2, -0.15) is 0 Å². The molecule has 0 aliphatic heterocycles. The van der Waals surface area contributed by atoms with Crippen LogP contribution in [0, 0.1) is 24.7 Å². The number of hydrogen-bond acceptors (Lipinski definition) is 4. The lowest BCUT2D eigenvalue weighted by Crippen LogP contribution is -2.32. The van der Waals surface area contributed by atoms with Crippen LogP contribution in [0.15, 0.2) is 72.8 Å². The van der Waals surface area contributed by atoms with E-state index in [1.807, 2.05) is 66.7 Å². The Labute approximate surface area is 201 Å². The van der Waals surface area contributed by atoms with E-state index in [0.29, 0.717) is 24.5 Å². The van der Waals surface area contributed by atoms with Crippen LogP contribution in [-0.2, 0) is 16.0 Å². The Bertz CT molecular complexity index is 1160. The summed E-state index contributed by atoms with van der Waals surface area (Å²) < 4.78 is 16.5. The van der Waals surface area contributed by atoms with Crippen LogP contribution < -0.4 is 14.8 Å². The molecule has 0 saturated heterocycles. The van der Waals surface area contributed by atoms with Crippen LogP contribution in [0.2, 0.25) is 0 Å². The standard InChI is InChI=1S/C29H27NO4/c1-4-19-33-26-16-11-22(21-27(26)32-3)17-18-30-29(31)28(34-20-5-2)25-14-12-24(13-15-25)23-9-7-6-8-10-23/h1-2,6-16,21,28H,17-20H2,3H3,(H,30,31)/t28-/m0/s1. The van der Waals surface area contributed by atoms with E-state index in [1.165, 1.54) is 0 Å². The third-order valence-corrected chi connectivity index (χ3v) is 5.14. The molecular formula is C29H27NO4. The second-order valence-corrected chi connectivity index (χ2v) is 7.40. The Balaban J connectivity index is 1.63. The molecule has 0 aromatic heterocycles. The van der Waals surface area contributed by atoms with Crippen molar-refractivity contribution >= 4 is 5.91 Å². The highest BCUT2D eigenvalue weighted by Crippen LogP contribution is 2.28. The molecule has 0 heterocycles. The summed E-state index contributed by atoms with van der Waals surface area (Å²) in [5, 5.41) is 2.94. The predicted octanol–water partition coefficient (Wildman–Crippen LogP) is 4.42. The Morgan fingerprint density at radius 3 is 2.29 bits per heavy atom. The van der Waals surface area contributed by atoms with Gasteiger partial charge in [-0.1, -0.05) is 72.5 Å². The zero-order valence-corrected chi connectivity index (χ0v) is 19.1. The number of ether oxygens (including phenoxy) is 3. The van der Waals surface area contributed by atoms with Gasteiger partial charge in [0.2, 0.25) is 0 Å². The van der Waals surface area contributed by atoms with Crippen LogP contribution in [-0.4, -0.2) is 32.8 Å². The van der Waals surface area contributed by atoms with Gasteiger partial charge in [0, 0.05) is 6.54 Å². The fourth-order valence-electron chi connectivity index (χ4n) is 3.46. The highest BCUT2D eigenvalue weighted by Gasteiger charge is 2.21. The number of hydrogen-bond donors (Lipinski definition) is 1. The van der Waals surface area contributed by atoms with Crippen molar-refractivity contribution in [3.8, 4) is 47.3 Å². The Kier molecular flexibility index (Phi) is 9.17. The van der Waals surface area contributed by atoms with E-state index >= 15 is 0 Å². The average molecular weight is 454 g/mol. The minimum absolute atomic E-state index is 0.0365. The maximum Gasteiger partial charge on any atom is 0.253 e. The molecule has 0 spiro atoms. The van der Waals surface area contributed by atoms with Crippen molar-refractivity contribution in [3.05, 3.63) is 83.9 Å². The zero-order chi connectivity index (χ0) is 24.2. The van der Waals surface area contributed by atoms with Crippen LogP contribution in [0.25, 0.3) is 11.1 Å². The zero-order valence-electron chi connectivity index (χ0n) is 19.1. The molecule has 1 atom stereocenters. The van der Waals surface area contributed by atoms with Crippen LogP contribution >= 0.6 is 0 Å². The quantitative estimate of drug-likeness (QED) is 0.437. The van der Waals surface area contributed by atoms with Crippen molar-refractivity contribution in [2.24, 2.45) is 0 Å². The summed E-state index contributed by atoms with van der Waals surface area (Å²) in [6, 6.07) is 23.3. The number of carbonyl (C=O) groups excluding carboxylic acids is 1. The highest BCUT2D eigenvalue weighted by atomic mass is 16.5. The minimum atomic E-state index is -0.796. The monoisotopic (exact) mass is 453 g/mol. The number of amides is 1. The first kappa shape index (κ1) is 24.5. The molecule has 0 radical (unpaired) electrons. The van der Waals surface area contributed by atoms with E-state index in [4.69, 9.17) is 27.1 Å². The number of methoxy groups -OCH3 is 1. The second-order valence-electron chi connectivity index (χ2n) is 7.40. The molecule has 0 unspecified atom stereocenters. The van der Waals surface area contributed by atoms with Crippen LogP contribution in [0.5, 0.6) is 11.5 Å². The van der Waals surface area contributed by atoms with E-state index in [-0.39, 0.29) is 19.1 Å². The van der Waals surface area contributed by atoms with Gasteiger partial charge in [0.25, 0.3) is 5.91 Å². The molecule has 0 aliphatic carbocycles. The van der Waals surface area contributed by atoms with Crippen LogP contribution in [0.3, 0.4) is 0 Å². The number of carbonyl (C=O) groups is 1. The van der Waals surface area contributed by atoms with Crippen molar-refractivity contribution < 1.29 is 19.0 Å². The summed E-state index contributed by atoms with van der Waals surface area (Å²) in [4.78, 5) is 12.9. The third-order valence-electron chi connectivity index (χ3n) is 5.14. The Hall–Kier alpha value is -4.19. The van der Waals surface area contributed by atoms with Gasteiger partial charge in [0.1, 0.15) is 13.2 Å². The first-order valence-corrected chi connectivity index (χ1v) is 10.9. The lowest BCUT2D eigenvalue weighted by molar-refractivity contribution is -0.132. The fourth-order valence-corrected chi connectivity index (χ4v) is 3.46. The molecule has 5 nitrogen and oxygen atoms in total. The lowest BCUT2D eigenvalue weighted by Gasteiger charge is -2.18. The molecule has 172 valence electrons. The summed E-state index contributed by atoms with van der Waals surface area (Å²) in [5.41, 5.74) is 3.89. The summed E-state index contributed by atoms with van der Waals surface area (Å²) >= 11 is 0. The molecule has 1 N–H and O–H groups in total. The maximum atomic E-state index is 12.9. The van der Waals surface area contributed by atoms with Gasteiger partial charge in [-0.15, -0.1) is 12.8 Å². The van der Waals surface area contributed by atoms with Crippen molar-refractivity contribution in [1.29, 1.82) is 0 Å². The Morgan fingerprint density at radius 1 is 0.912 bits per heavy atom. The summed E-state index contributed by atoms with van der Waals surface area (Å²) in [7, 11) is 1.57. The summed E-state index contributed by atoms with van der Waals surface area (Å²) in [6.07, 6.45) is 10.4. The van der Waals surface area contributed by atoms with Crippen molar-refractivity contribution in [2.75, 3.05) is 26.9 Å². The van der Waals surface area contributed by atoms with E-state index in [2.05, 4.69) is 17.2 Å². The van der Waals surface area contributed by atoms with Gasteiger partial charge in [0.15, 0.2) is 17.6 Å². The van der Waals surface area contributed by atoms with Crippen molar-refractivity contribution in [3.63, 3.8) is 0 Å². The van der Waals surface area contributed by atoms with Gasteiger partial charge < -0.3 is 19.5 Å². The summed E-state index contributed by atoms with van der Waals surface area (Å²) in [6.45, 7) is 0.622. The van der Waals surface area contributed by atoms with Crippen LogP contribution in [0.1, 0.15) is 17.2 Å². The van der Waals surface area contributed by atoms with E-state index in [0.717, 1.165) is 22.3 Å². The molecule has 5 heteroatoms. The molecule has 0 bridgehead atoms. The van der Waals surface area contributed by atoms with Gasteiger partial charge in [-0.05, 0) is 40.8 Å². The molecule has 3 rings (SSSR count). The molecular weight excluding hydrogens is 426 g/mol. The number of nitrogens with one attached hydrogen (secondary N) is 1. The summed E-state index contributed by atoms with van der Waals surface area (Å²) in [5.74, 6) is 5.79. The number of benzene rings is 3. The Morgan fingerprint density at radius 2 is 1.62 bits per heavy atom. The number of rotatable bonds is 11. The largest absolute Gasteiger partial charge is 0.493 e. The minimum Gasteiger partial charge on any atom is -0.493 e. The van der Waals surface area contributed by atoms with Crippen molar-refractivity contribution in [1.82, 2.24) is 5.32 Å². The second kappa shape index (κ2) is 12.7. The molecule has 0 saturated carbocycles. The molecule has 34 heavy (non-hydrogen) atoms. The van der Waals surface area contributed by atoms with Gasteiger partial charge in [-0.25, -0.2) is 0 Å². The van der Waals surface area contributed by atoms with Gasteiger partial charge >= 0.3 is 0 Å². The topological polar surface area (TPSA) is 56.8 Å². The van der Waals surface area contributed by atoms with Crippen molar-refractivity contribution in [2.45, 2.75) is 12.5 Å². The normalized spacial score (nSPS) is 11.0. The first-order valence-electron chi connectivity index (χ1n) is 10.9.